The van der Waals surface area contributed by atoms with Crippen LogP contribution in [-0.4, -0.2) is 86.6 Å². The van der Waals surface area contributed by atoms with Gasteiger partial charge in [0.05, 0.1) is 50.1 Å². The lowest BCUT2D eigenvalue weighted by molar-refractivity contribution is -0.138. The van der Waals surface area contributed by atoms with Gasteiger partial charge in [-0.25, -0.2) is 19.6 Å². The Hall–Kier alpha value is -6.44. The first kappa shape index (κ1) is 39.4. The average Bonchev–Trinajstić information content (AvgIpc) is 4.13. The van der Waals surface area contributed by atoms with Crippen LogP contribution in [0.15, 0.2) is 91.3 Å². The smallest absolute Gasteiger partial charge is 0.407 e. The number of ether oxygens (including phenoxy) is 2. The summed E-state index contributed by atoms with van der Waals surface area (Å²) >= 11 is 0. The van der Waals surface area contributed by atoms with Crippen molar-refractivity contribution in [3.63, 3.8) is 0 Å². The first-order valence-corrected chi connectivity index (χ1v) is 20.3. The van der Waals surface area contributed by atoms with Crippen LogP contribution in [0, 0.1) is 11.8 Å². The number of nitrogens with zero attached hydrogens (tertiary/aromatic N) is 4. The lowest BCUT2D eigenvalue weighted by atomic mass is 9.96. The number of hydrogen-bond acceptors (Lipinski definition) is 8. The average molecular weight is 799 g/mol. The molecule has 2 saturated heterocycles. The molecule has 14 nitrogen and oxygen atoms in total. The Morgan fingerprint density at radius 3 is 1.90 bits per heavy atom. The van der Waals surface area contributed by atoms with Crippen molar-refractivity contribution in [1.29, 1.82) is 0 Å². The molecule has 2 bridgehead atoms. The summed E-state index contributed by atoms with van der Waals surface area (Å²) in [5.41, 5.74) is 6.48. The number of alkyl carbamates (subject to hydrolysis) is 2. The Morgan fingerprint density at radius 1 is 0.712 bits per heavy atom. The minimum absolute atomic E-state index is 0.0758. The number of hydrogen-bond donors (Lipinski definition) is 4. The van der Waals surface area contributed by atoms with E-state index in [-0.39, 0.29) is 41.8 Å². The molecule has 8 rings (SSSR count). The monoisotopic (exact) mass is 798 g/mol. The van der Waals surface area contributed by atoms with E-state index >= 15 is 0 Å². The van der Waals surface area contributed by atoms with Crippen LogP contribution in [-0.2, 0) is 19.1 Å². The van der Waals surface area contributed by atoms with E-state index in [4.69, 9.17) is 14.5 Å². The second kappa shape index (κ2) is 16.8. The zero-order chi connectivity index (χ0) is 41.2. The Morgan fingerprint density at radius 2 is 1.29 bits per heavy atom. The molecule has 2 aromatic heterocycles. The Bertz CT molecular complexity index is 2290. The van der Waals surface area contributed by atoms with E-state index in [0.29, 0.717) is 12.1 Å². The number of amides is 4. The highest BCUT2D eigenvalue weighted by molar-refractivity contribution is 5.88. The lowest BCUT2D eigenvalue weighted by Crippen LogP contribution is -2.51. The number of piperidine rings is 1. The summed E-state index contributed by atoms with van der Waals surface area (Å²) < 4.78 is 9.65. The number of carbonyl (C=O) groups is 4. The first-order valence-electron chi connectivity index (χ1n) is 20.3. The second-order valence-electron chi connectivity index (χ2n) is 16.0. The molecular weight excluding hydrogens is 749 g/mol. The Kier molecular flexibility index (Phi) is 11.2. The van der Waals surface area contributed by atoms with Gasteiger partial charge in [-0.05, 0) is 71.8 Å². The molecule has 3 aliphatic rings. The van der Waals surface area contributed by atoms with Crippen LogP contribution in [0.4, 0.5) is 9.59 Å². The fourth-order valence-corrected chi connectivity index (χ4v) is 9.08. The minimum atomic E-state index is -0.875. The Labute approximate surface area is 343 Å². The molecule has 6 atom stereocenters. The molecule has 2 aliphatic heterocycles. The van der Waals surface area contributed by atoms with E-state index in [9.17, 15) is 19.2 Å². The van der Waals surface area contributed by atoms with Gasteiger partial charge in [0.1, 0.15) is 23.7 Å². The molecule has 14 heteroatoms. The van der Waals surface area contributed by atoms with Crippen molar-refractivity contribution in [2.75, 3.05) is 20.8 Å². The predicted molar refractivity (Wildman–Crippen MR) is 220 cm³/mol. The van der Waals surface area contributed by atoms with Crippen molar-refractivity contribution in [2.45, 2.75) is 76.2 Å². The molecule has 5 aromatic rings. The zero-order valence-corrected chi connectivity index (χ0v) is 33.7. The topological polar surface area (TPSA) is 175 Å². The molecule has 4 amide bonds. The van der Waals surface area contributed by atoms with Crippen molar-refractivity contribution in [3.05, 3.63) is 108 Å². The summed E-state index contributed by atoms with van der Waals surface area (Å²) in [4.78, 5) is 72.4. The fraction of sp³-hybridized carbons (Fsp3) is 0.378. The zero-order valence-electron chi connectivity index (χ0n) is 33.7. The van der Waals surface area contributed by atoms with Crippen molar-refractivity contribution in [1.82, 2.24) is 40.4 Å². The highest BCUT2D eigenvalue weighted by Gasteiger charge is 2.51. The van der Waals surface area contributed by atoms with E-state index in [1.807, 2.05) is 60.2 Å². The molecule has 4 N–H and O–H groups in total. The fourth-order valence-electron chi connectivity index (χ4n) is 9.08. The van der Waals surface area contributed by atoms with E-state index in [1.54, 1.807) is 6.20 Å². The summed E-state index contributed by atoms with van der Waals surface area (Å²) in [6, 6.07) is 23.9. The van der Waals surface area contributed by atoms with Crippen LogP contribution in [0.3, 0.4) is 0 Å². The highest BCUT2D eigenvalue weighted by Crippen LogP contribution is 2.50. The third kappa shape index (κ3) is 7.91. The van der Waals surface area contributed by atoms with Crippen LogP contribution in [0.25, 0.3) is 33.6 Å². The number of likely N-dealkylation sites (tertiary alicyclic amines) is 2. The van der Waals surface area contributed by atoms with Crippen LogP contribution >= 0.6 is 0 Å². The summed E-state index contributed by atoms with van der Waals surface area (Å²) in [6.07, 6.45) is 6.81. The molecule has 1 saturated carbocycles. The maximum atomic E-state index is 14.3. The van der Waals surface area contributed by atoms with Crippen LogP contribution in [0.2, 0.25) is 0 Å². The predicted octanol–water partition coefficient (Wildman–Crippen LogP) is 7.33. The van der Waals surface area contributed by atoms with Crippen LogP contribution < -0.4 is 10.6 Å². The van der Waals surface area contributed by atoms with Gasteiger partial charge in [0.2, 0.25) is 5.91 Å². The Balaban J connectivity index is 0.946. The molecule has 3 fully saturated rings. The number of aromatic nitrogens is 4. The van der Waals surface area contributed by atoms with Gasteiger partial charge in [-0.1, -0.05) is 92.7 Å². The number of H-pyrrole nitrogens is 2. The lowest BCUT2D eigenvalue weighted by Gasteiger charge is -2.36. The third-order valence-electron chi connectivity index (χ3n) is 12.1. The van der Waals surface area contributed by atoms with E-state index in [1.165, 1.54) is 14.2 Å². The number of methoxy groups -OCH3 is 2. The highest BCUT2D eigenvalue weighted by atomic mass is 16.5. The molecule has 59 heavy (non-hydrogen) atoms. The van der Waals surface area contributed by atoms with E-state index in [0.717, 1.165) is 77.4 Å². The molecule has 0 spiro atoms. The summed E-state index contributed by atoms with van der Waals surface area (Å²) in [6.45, 7) is 4.39. The number of carbonyl (C=O) groups excluding carboxylic acids is 4. The van der Waals surface area contributed by atoms with Gasteiger partial charge in [-0.2, -0.15) is 0 Å². The minimum Gasteiger partial charge on any atom is -0.453 e. The largest absolute Gasteiger partial charge is 0.453 e. The SMILES string of the molecule is COC(=O)N[C@H](C(=O)N1CCC[C@H]1c1ncc(-c2ccc(-c3ccc(-c4cnc([C@@H]5[C@H]6CCC(C6)N5C(=O)[C@H](NC(=O)OC)c5ccccc5)[nH]4)cc3)cc2)[nH]1)C(C)C. The molecule has 1 unspecified atom stereocenters. The maximum absolute atomic E-state index is 14.3. The van der Waals surface area contributed by atoms with Gasteiger partial charge in [-0.3, -0.25) is 9.59 Å². The van der Waals surface area contributed by atoms with Crippen molar-refractivity contribution >= 4 is 24.0 Å². The quantitative estimate of drug-likeness (QED) is 0.108. The van der Waals surface area contributed by atoms with Gasteiger partial charge in [0, 0.05) is 12.6 Å². The summed E-state index contributed by atoms with van der Waals surface area (Å²) in [7, 11) is 2.58. The number of nitrogens with one attached hydrogen (secondary N) is 4. The second-order valence-corrected chi connectivity index (χ2v) is 16.0. The van der Waals surface area contributed by atoms with E-state index < -0.39 is 24.3 Å². The van der Waals surface area contributed by atoms with Gasteiger partial charge in [0.15, 0.2) is 0 Å². The molecule has 4 heterocycles. The van der Waals surface area contributed by atoms with Crippen LogP contribution in [0.1, 0.15) is 81.3 Å². The summed E-state index contributed by atoms with van der Waals surface area (Å²) in [5.74, 6) is 1.33. The van der Waals surface area contributed by atoms with Gasteiger partial charge in [0.25, 0.3) is 5.91 Å². The van der Waals surface area contributed by atoms with Crippen molar-refractivity contribution in [2.24, 2.45) is 11.8 Å². The number of benzene rings is 3. The maximum Gasteiger partial charge on any atom is 0.407 e. The molecule has 0 radical (unpaired) electrons. The van der Waals surface area contributed by atoms with Crippen LogP contribution in [0.5, 0.6) is 0 Å². The number of fused-ring (bicyclic) bond motifs is 2. The van der Waals surface area contributed by atoms with Gasteiger partial charge >= 0.3 is 12.2 Å². The van der Waals surface area contributed by atoms with Gasteiger partial charge in [-0.15, -0.1) is 0 Å². The first-order chi connectivity index (χ1) is 28.6. The third-order valence-corrected chi connectivity index (χ3v) is 12.1. The molecule has 306 valence electrons. The van der Waals surface area contributed by atoms with Crippen molar-refractivity contribution in [3.8, 4) is 33.6 Å². The molecule has 1 aliphatic carbocycles. The van der Waals surface area contributed by atoms with Gasteiger partial charge < -0.3 is 39.9 Å². The number of imidazole rings is 2. The normalized spacial score (nSPS) is 20.7. The number of aromatic amines is 2. The van der Waals surface area contributed by atoms with Crippen molar-refractivity contribution < 1.29 is 28.7 Å². The van der Waals surface area contributed by atoms with E-state index in [2.05, 4.69) is 74.1 Å². The molecule has 3 aromatic carbocycles. The molecular formula is C45H50N8O6. The summed E-state index contributed by atoms with van der Waals surface area (Å²) in [5, 5.41) is 5.47. The standard InChI is InChI=1S/C45H50N8O6/c1-26(2)37(50-44(56)58-3)42(54)52-22-8-11-36(52)40-46-24-34(48-40)29-16-12-27(13-17-29)28-14-18-30(19-15-28)35-25-47-41(49-35)39-32-20-21-33(23-32)53(39)43(55)38(51-45(57)59-4)31-9-6-5-7-10-31/h5-7,9-10,12-19,24-26,32-33,36-39H,8,11,20-23H2,1-4H3,(H,46,48)(H,47,49)(H,50,56)(H,51,57)/t32-,33?,36-,37-,38+,39-/m0/s1. The number of rotatable bonds is 11.